The molecule has 1 aromatic heterocycles. The van der Waals surface area contributed by atoms with Crippen LogP contribution in [0.5, 0.6) is 0 Å². The molecule has 0 radical (unpaired) electrons. The molecular formula is C25H27N3O2S. The van der Waals surface area contributed by atoms with Gasteiger partial charge in [0.1, 0.15) is 0 Å². The normalized spacial score (nSPS) is 19.0. The number of carbonyl (C=O) groups is 1. The van der Waals surface area contributed by atoms with Gasteiger partial charge in [0.05, 0.1) is 16.7 Å². The molecule has 0 bridgehead atoms. The van der Waals surface area contributed by atoms with E-state index in [0.29, 0.717) is 16.1 Å². The molecule has 1 aliphatic heterocycles. The highest BCUT2D eigenvalue weighted by atomic mass is 32.2. The van der Waals surface area contributed by atoms with Crippen molar-refractivity contribution in [2.45, 2.75) is 62.7 Å². The van der Waals surface area contributed by atoms with Crippen molar-refractivity contribution in [2.75, 3.05) is 10.7 Å². The van der Waals surface area contributed by atoms with Gasteiger partial charge in [-0.1, -0.05) is 54.9 Å². The standard InChI is InChI=1S/C25H27N3O2S/c1-17-14-15-18-8-2-7-13-22(18)27(17)23(29)16-31-25-26-21-12-6-5-11-20(21)24(30)28(25)19-9-3-4-10-19/h2,5-8,11-13,17,19H,3-4,9-10,14-16H2,1H3. The van der Waals surface area contributed by atoms with Crippen LogP contribution in [-0.4, -0.2) is 27.3 Å². The number of aromatic nitrogens is 2. The number of benzene rings is 2. The average Bonchev–Trinajstić information content (AvgIpc) is 3.32. The van der Waals surface area contributed by atoms with Crippen molar-refractivity contribution in [3.05, 3.63) is 64.4 Å². The minimum Gasteiger partial charge on any atom is -0.309 e. The minimum atomic E-state index is 0.0177. The molecule has 0 saturated heterocycles. The first-order valence-corrected chi connectivity index (χ1v) is 12.2. The Morgan fingerprint density at radius 1 is 1.06 bits per heavy atom. The third kappa shape index (κ3) is 3.78. The first-order chi connectivity index (χ1) is 15.1. The van der Waals surface area contributed by atoms with E-state index < -0.39 is 0 Å². The van der Waals surface area contributed by atoms with E-state index in [1.807, 2.05) is 51.9 Å². The number of thioether (sulfide) groups is 1. The van der Waals surface area contributed by atoms with Crippen LogP contribution in [0.3, 0.4) is 0 Å². The number of aryl methyl sites for hydroxylation is 1. The number of para-hydroxylation sites is 2. The maximum absolute atomic E-state index is 13.3. The van der Waals surface area contributed by atoms with Gasteiger partial charge in [-0.25, -0.2) is 4.98 Å². The Balaban J connectivity index is 1.46. The monoisotopic (exact) mass is 433 g/mol. The molecule has 5 nitrogen and oxygen atoms in total. The fourth-order valence-corrected chi connectivity index (χ4v) is 5.90. The van der Waals surface area contributed by atoms with E-state index in [0.717, 1.165) is 44.2 Å². The van der Waals surface area contributed by atoms with Gasteiger partial charge in [-0.05, 0) is 56.4 Å². The largest absolute Gasteiger partial charge is 0.309 e. The predicted molar refractivity (Wildman–Crippen MR) is 126 cm³/mol. The zero-order valence-electron chi connectivity index (χ0n) is 17.8. The van der Waals surface area contributed by atoms with Crippen LogP contribution in [0.2, 0.25) is 0 Å². The van der Waals surface area contributed by atoms with E-state index in [4.69, 9.17) is 4.98 Å². The van der Waals surface area contributed by atoms with Crippen LogP contribution in [-0.2, 0) is 11.2 Å². The van der Waals surface area contributed by atoms with Gasteiger partial charge in [0.25, 0.3) is 5.56 Å². The van der Waals surface area contributed by atoms with Gasteiger partial charge in [-0.3, -0.25) is 14.2 Å². The lowest BCUT2D eigenvalue weighted by atomic mass is 9.97. The van der Waals surface area contributed by atoms with Gasteiger partial charge in [-0.15, -0.1) is 0 Å². The molecule has 1 atom stereocenters. The average molecular weight is 434 g/mol. The van der Waals surface area contributed by atoms with Gasteiger partial charge < -0.3 is 4.90 Å². The zero-order chi connectivity index (χ0) is 21.4. The minimum absolute atomic E-state index is 0.0177. The number of carbonyl (C=O) groups excluding carboxylic acids is 1. The van der Waals surface area contributed by atoms with Gasteiger partial charge in [-0.2, -0.15) is 0 Å². The maximum Gasteiger partial charge on any atom is 0.262 e. The molecule has 5 rings (SSSR count). The van der Waals surface area contributed by atoms with Crippen LogP contribution in [0.15, 0.2) is 58.5 Å². The number of anilines is 1. The zero-order valence-corrected chi connectivity index (χ0v) is 18.6. The van der Waals surface area contributed by atoms with E-state index >= 15 is 0 Å². The first-order valence-electron chi connectivity index (χ1n) is 11.2. The quantitative estimate of drug-likeness (QED) is 0.431. The molecule has 1 fully saturated rings. The van der Waals surface area contributed by atoms with Crippen LogP contribution < -0.4 is 10.5 Å². The number of hydrogen-bond acceptors (Lipinski definition) is 4. The Bertz CT molecular complexity index is 1180. The van der Waals surface area contributed by atoms with E-state index in [1.54, 1.807) is 0 Å². The van der Waals surface area contributed by atoms with Crippen LogP contribution in [0, 0.1) is 0 Å². The summed E-state index contributed by atoms with van der Waals surface area (Å²) in [4.78, 5) is 33.4. The highest BCUT2D eigenvalue weighted by Crippen LogP contribution is 2.34. The molecule has 160 valence electrons. The fourth-order valence-electron chi connectivity index (χ4n) is 4.98. The third-order valence-corrected chi connectivity index (χ3v) is 7.52. The molecule has 31 heavy (non-hydrogen) atoms. The molecule has 3 aromatic rings. The van der Waals surface area contributed by atoms with Crippen LogP contribution in [0.4, 0.5) is 5.69 Å². The molecule has 6 heteroatoms. The van der Waals surface area contributed by atoms with Gasteiger partial charge in [0, 0.05) is 17.8 Å². The van der Waals surface area contributed by atoms with E-state index in [1.165, 1.54) is 17.3 Å². The number of fused-ring (bicyclic) bond motifs is 2. The van der Waals surface area contributed by atoms with E-state index in [2.05, 4.69) is 13.0 Å². The molecule has 1 saturated carbocycles. The summed E-state index contributed by atoms with van der Waals surface area (Å²) in [7, 11) is 0. The molecule has 2 heterocycles. The molecule has 0 N–H and O–H groups in total. The fraction of sp³-hybridized carbons (Fsp3) is 0.400. The Morgan fingerprint density at radius 2 is 1.81 bits per heavy atom. The van der Waals surface area contributed by atoms with Crippen molar-refractivity contribution >= 4 is 34.3 Å². The SMILES string of the molecule is CC1CCc2ccccc2N1C(=O)CSc1nc2ccccc2c(=O)n1C1CCCC1. The highest BCUT2D eigenvalue weighted by molar-refractivity contribution is 7.99. The predicted octanol–water partition coefficient (Wildman–Crippen LogP) is 4.97. The van der Waals surface area contributed by atoms with Crippen LogP contribution in [0.25, 0.3) is 10.9 Å². The maximum atomic E-state index is 13.3. The summed E-state index contributed by atoms with van der Waals surface area (Å²) in [6.07, 6.45) is 6.23. The smallest absolute Gasteiger partial charge is 0.262 e. The first kappa shape index (κ1) is 20.3. The molecule has 2 aromatic carbocycles. The summed E-state index contributed by atoms with van der Waals surface area (Å²) in [6.45, 7) is 2.11. The number of nitrogens with zero attached hydrogens (tertiary/aromatic N) is 3. The van der Waals surface area contributed by atoms with E-state index in [-0.39, 0.29) is 29.3 Å². The summed E-state index contributed by atoms with van der Waals surface area (Å²) in [5.74, 6) is 0.348. The Hall–Kier alpha value is -2.60. The Morgan fingerprint density at radius 3 is 2.65 bits per heavy atom. The number of rotatable bonds is 4. The summed E-state index contributed by atoms with van der Waals surface area (Å²) >= 11 is 1.40. The summed E-state index contributed by atoms with van der Waals surface area (Å²) < 4.78 is 1.86. The van der Waals surface area contributed by atoms with Crippen molar-refractivity contribution in [3.63, 3.8) is 0 Å². The summed E-state index contributed by atoms with van der Waals surface area (Å²) in [6, 6.07) is 16.0. The third-order valence-electron chi connectivity index (χ3n) is 6.58. The Labute approximate surface area is 186 Å². The molecular weight excluding hydrogens is 406 g/mol. The number of amides is 1. The molecule has 1 aliphatic carbocycles. The van der Waals surface area contributed by atoms with Crippen molar-refractivity contribution in [2.24, 2.45) is 0 Å². The van der Waals surface area contributed by atoms with Crippen LogP contribution in [0.1, 0.15) is 50.6 Å². The topological polar surface area (TPSA) is 55.2 Å². The lowest BCUT2D eigenvalue weighted by Gasteiger charge is -2.35. The van der Waals surface area contributed by atoms with Crippen molar-refractivity contribution in [3.8, 4) is 0 Å². The van der Waals surface area contributed by atoms with Gasteiger partial charge in [0.15, 0.2) is 5.16 Å². The Kier molecular flexibility index (Phi) is 5.57. The van der Waals surface area contributed by atoms with Gasteiger partial charge >= 0.3 is 0 Å². The van der Waals surface area contributed by atoms with Crippen molar-refractivity contribution in [1.82, 2.24) is 9.55 Å². The van der Waals surface area contributed by atoms with Crippen molar-refractivity contribution < 1.29 is 4.79 Å². The number of hydrogen-bond donors (Lipinski definition) is 0. The second-order valence-corrected chi connectivity index (χ2v) is 9.54. The molecule has 0 spiro atoms. The lowest BCUT2D eigenvalue weighted by Crippen LogP contribution is -2.43. The second kappa shape index (κ2) is 8.50. The molecule has 1 amide bonds. The van der Waals surface area contributed by atoms with Crippen molar-refractivity contribution in [1.29, 1.82) is 0 Å². The molecule has 1 unspecified atom stereocenters. The lowest BCUT2D eigenvalue weighted by molar-refractivity contribution is -0.116. The molecule has 2 aliphatic rings. The van der Waals surface area contributed by atoms with Crippen LogP contribution >= 0.6 is 11.8 Å². The second-order valence-electron chi connectivity index (χ2n) is 8.59. The highest BCUT2D eigenvalue weighted by Gasteiger charge is 2.29. The summed E-state index contributed by atoms with van der Waals surface area (Å²) in [5, 5.41) is 1.32. The summed E-state index contributed by atoms with van der Waals surface area (Å²) in [5.41, 5.74) is 2.97. The van der Waals surface area contributed by atoms with E-state index in [9.17, 15) is 9.59 Å². The van der Waals surface area contributed by atoms with Gasteiger partial charge in [0.2, 0.25) is 5.91 Å².